The van der Waals surface area contributed by atoms with Crippen LogP contribution in [0.1, 0.15) is 30.9 Å². The molecule has 0 spiro atoms. The summed E-state index contributed by atoms with van der Waals surface area (Å²) in [5, 5.41) is 12.7. The zero-order chi connectivity index (χ0) is 18.0. The minimum atomic E-state index is -3.44. The predicted octanol–water partition coefficient (Wildman–Crippen LogP) is 2.05. The standard InChI is InChI=1S/C18H19NO5S/c20-17(21)11-15(19-18(22)16-6-3-9-25(16,23)24)14-8-7-12-4-1-2-5-13(12)10-14/h1-2,4-5,7-8,10,15-16H,3,6,9,11H2,(H,19,22)(H,20,21)/t15-,16?/m0/s1. The largest absolute Gasteiger partial charge is 0.481 e. The number of hydrogen-bond acceptors (Lipinski definition) is 4. The third kappa shape index (κ3) is 3.82. The van der Waals surface area contributed by atoms with E-state index in [2.05, 4.69) is 5.32 Å². The Hall–Kier alpha value is -2.41. The van der Waals surface area contributed by atoms with Crippen LogP contribution in [-0.4, -0.2) is 36.4 Å². The first kappa shape index (κ1) is 17.4. The van der Waals surface area contributed by atoms with Crippen molar-refractivity contribution in [3.05, 3.63) is 48.0 Å². The maximum absolute atomic E-state index is 12.4. The highest BCUT2D eigenvalue weighted by Gasteiger charge is 2.38. The molecule has 1 heterocycles. The van der Waals surface area contributed by atoms with Crippen LogP contribution in [0.5, 0.6) is 0 Å². The van der Waals surface area contributed by atoms with Crippen LogP contribution in [-0.2, 0) is 19.4 Å². The van der Waals surface area contributed by atoms with E-state index in [0.717, 1.165) is 10.8 Å². The monoisotopic (exact) mass is 361 g/mol. The molecule has 0 aliphatic carbocycles. The molecule has 0 saturated carbocycles. The number of nitrogens with one attached hydrogen (secondary N) is 1. The Kier molecular flexibility index (Phi) is 4.76. The van der Waals surface area contributed by atoms with Crippen LogP contribution < -0.4 is 5.32 Å². The number of carbonyl (C=O) groups excluding carboxylic acids is 1. The van der Waals surface area contributed by atoms with Crippen LogP contribution in [0.2, 0.25) is 0 Å². The number of amides is 1. The quantitative estimate of drug-likeness (QED) is 0.849. The van der Waals surface area contributed by atoms with Crippen molar-refractivity contribution in [3.8, 4) is 0 Å². The summed E-state index contributed by atoms with van der Waals surface area (Å²) in [6.45, 7) is 0. The molecular weight excluding hydrogens is 342 g/mol. The summed E-state index contributed by atoms with van der Waals surface area (Å²) in [5.74, 6) is -1.67. The zero-order valence-corrected chi connectivity index (χ0v) is 14.3. The van der Waals surface area contributed by atoms with Gasteiger partial charge in [-0.2, -0.15) is 0 Å². The fourth-order valence-corrected chi connectivity index (χ4v) is 4.98. The number of fused-ring (bicyclic) bond motifs is 1. The van der Waals surface area contributed by atoms with Gasteiger partial charge in [-0.3, -0.25) is 9.59 Å². The van der Waals surface area contributed by atoms with Crippen molar-refractivity contribution in [3.63, 3.8) is 0 Å². The molecular formula is C18H19NO5S. The first-order chi connectivity index (χ1) is 11.9. The minimum absolute atomic E-state index is 0.00462. The van der Waals surface area contributed by atoms with Gasteiger partial charge in [0.25, 0.3) is 0 Å². The van der Waals surface area contributed by atoms with Crippen LogP contribution in [0.4, 0.5) is 0 Å². The Morgan fingerprint density at radius 3 is 2.52 bits per heavy atom. The number of hydrogen-bond donors (Lipinski definition) is 2. The number of carbonyl (C=O) groups is 2. The Morgan fingerprint density at radius 2 is 1.88 bits per heavy atom. The smallest absolute Gasteiger partial charge is 0.305 e. The molecule has 1 aliphatic rings. The van der Waals surface area contributed by atoms with E-state index >= 15 is 0 Å². The molecule has 2 aromatic rings. The van der Waals surface area contributed by atoms with E-state index in [9.17, 15) is 18.0 Å². The highest BCUT2D eigenvalue weighted by molar-refractivity contribution is 7.93. The van der Waals surface area contributed by atoms with Crippen molar-refractivity contribution in [2.45, 2.75) is 30.6 Å². The molecule has 0 aromatic heterocycles. The van der Waals surface area contributed by atoms with Crippen LogP contribution in [0, 0.1) is 0 Å². The van der Waals surface area contributed by atoms with Crippen molar-refractivity contribution in [2.75, 3.05) is 5.75 Å². The summed E-state index contributed by atoms with van der Waals surface area (Å²) in [4.78, 5) is 23.6. The van der Waals surface area contributed by atoms with Crippen molar-refractivity contribution < 1.29 is 23.1 Å². The Bertz CT molecular complexity index is 922. The Morgan fingerprint density at radius 1 is 1.16 bits per heavy atom. The number of carboxylic acids is 1. The number of aliphatic carboxylic acids is 1. The molecule has 2 atom stereocenters. The summed E-state index contributed by atoms with van der Waals surface area (Å²) in [6.07, 6.45) is 0.433. The number of carboxylic acid groups (broad SMARTS) is 1. The zero-order valence-electron chi connectivity index (χ0n) is 13.5. The second kappa shape index (κ2) is 6.84. The average Bonchev–Trinajstić information content (AvgIpc) is 2.92. The van der Waals surface area contributed by atoms with Crippen LogP contribution >= 0.6 is 0 Å². The third-order valence-electron chi connectivity index (χ3n) is 4.49. The fraction of sp³-hybridized carbons (Fsp3) is 0.333. The van der Waals surface area contributed by atoms with Crippen molar-refractivity contribution >= 4 is 32.5 Å². The molecule has 6 nitrogen and oxygen atoms in total. The van der Waals surface area contributed by atoms with E-state index in [1.165, 1.54) is 0 Å². The third-order valence-corrected chi connectivity index (χ3v) is 6.67. The Balaban J connectivity index is 1.88. The molecule has 132 valence electrons. The maximum atomic E-state index is 12.4. The lowest BCUT2D eigenvalue weighted by Crippen LogP contribution is -2.40. The van der Waals surface area contributed by atoms with E-state index in [4.69, 9.17) is 5.11 Å². The fourth-order valence-electron chi connectivity index (χ4n) is 3.20. The number of sulfone groups is 1. The summed E-state index contributed by atoms with van der Waals surface area (Å²) >= 11 is 0. The predicted molar refractivity (Wildman–Crippen MR) is 93.9 cm³/mol. The van der Waals surface area contributed by atoms with Gasteiger partial charge in [-0.15, -0.1) is 0 Å². The van der Waals surface area contributed by atoms with Gasteiger partial charge in [0.1, 0.15) is 5.25 Å². The molecule has 3 rings (SSSR count). The van der Waals surface area contributed by atoms with Gasteiger partial charge in [0, 0.05) is 0 Å². The topological polar surface area (TPSA) is 101 Å². The molecule has 2 aromatic carbocycles. The molecule has 1 unspecified atom stereocenters. The van der Waals surface area contributed by atoms with Gasteiger partial charge in [-0.1, -0.05) is 36.4 Å². The molecule has 1 fully saturated rings. The molecule has 0 radical (unpaired) electrons. The van der Waals surface area contributed by atoms with Crippen molar-refractivity contribution in [1.82, 2.24) is 5.32 Å². The lowest BCUT2D eigenvalue weighted by molar-refractivity contribution is -0.137. The highest BCUT2D eigenvalue weighted by atomic mass is 32.2. The molecule has 1 amide bonds. The van der Waals surface area contributed by atoms with Crippen LogP contribution in [0.25, 0.3) is 10.8 Å². The van der Waals surface area contributed by atoms with Gasteiger partial charge in [0.15, 0.2) is 9.84 Å². The van der Waals surface area contributed by atoms with E-state index in [1.807, 2.05) is 36.4 Å². The van der Waals surface area contributed by atoms with E-state index in [0.29, 0.717) is 12.0 Å². The molecule has 1 aliphatic heterocycles. The molecule has 1 saturated heterocycles. The second-order valence-electron chi connectivity index (χ2n) is 6.26. The molecule has 2 N–H and O–H groups in total. The summed E-state index contributed by atoms with van der Waals surface area (Å²) in [5.41, 5.74) is 0.643. The Labute approximate surface area is 145 Å². The normalized spacial score (nSPS) is 20.2. The first-order valence-electron chi connectivity index (χ1n) is 8.09. The summed E-state index contributed by atoms with van der Waals surface area (Å²) in [7, 11) is -3.44. The second-order valence-corrected chi connectivity index (χ2v) is 8.57. The van der Waals surface area contributed by atoms with Gasteiger partial charge >= 0.3 is 5.97 Å². The highest BCUT2D eigenvalue weighted by Crippen LogP contribution is 2.25. The summed E-state index contributed by atoms with van der Waals surface area (Å²) < 4.78 is 23.9. The van der Waals surface area contributed by atoms with E-state index in [-0.39, 0.29) is 18.6 Å². The van der Waals surface area contributed by atoms with Gasteiger partial charge in [0.2, 0.25) is 5.91 Å². The molecule has 7 heteroatoms. The maximum Gasteiger partial charge on any atom is 0.305 e. The minimum Gasteiger partial charge on any atom is -0.481 e. The van der Waals surface area contributed by atoms with Gasteiger partial charge in [0.05, 0.1) is 18.2 Å². The molecule has 0 bridgehead atoms. The van der Waals surface area contributed by atoms with Crippen molar-refractivity contribution in [2.24, 2.45) is 0 Å². The molecule has 25 heavy (non-hydrogen) atoms. The van der Waals surface area contributed by atoms with Gasteiger partial charge < -0.3 is 10.4 Å². The number of benzene rings is 2. The average molecular weight is 361 g/mol. The van der Waals surface area contributed by atoms with Crippen LogP contribution in [0.15, 0.2) is 42.5 Å². The SMILES string of the molecule is O=C(O)C[C@H](NC(=O)C1CCCS1(=O)=O)c1ccc2ccccc2c1. The van der Waals surface area contributed by atoms with Gasteiger partial charge in [-0.25, -0.2) is 8.42 Å². The summed E-state index contributed by atoms with van der Waals surface area (Å²) in [6, 6.07) is 12.3. The number of rotatable bonds is 5. The van der Waals surface area contributed by atoms with Crippen molar-refractivity contribution in [1.29, 1.82) is 0 Å². The lowest BCUT2D eigenvalue weighted by atomic mass is 9.99. The first-order valence-corrected chi connectivity index (χ1v) is 9.81. The lowest BCUT2D eigenvalue weighted by Gasteiger charge is -2.20. The van der Waals surface area contributed by atoms with Crippen LogP contribution in [0.3, 0.4) is 0 Å². The van der Waals surface area contributed by atoms with Gasteiger partial charge in [-0.05, 0) is 35.2 Å². The van der Waals surface area contributed by atoms with E-state index < -0.39 is 33.0 Å². The van der Waals surface area contributed by atoms with E-state index in [1.54, 1.807) is 6.07 Å².